The molecule has 1 saturated heterocycles. The number of piperazine rings is 1. The number of nitrogens with zero attached hydrogens (tertiary/aromatic N) is 2. The summed E-state index contributed by atoms with van der Waals surface area (Å²) < 4.78 is 19.1. The number of halogens is 1. The molecule has 0 spiro atoms. The minimum atomic E-state index is -0.244. The topological polar surface area (TPSA) is 15.7 Å². The summed E-state index contributed by atoms with van der Waals surface area (Å²) in [5, 5.41) is 0. The van der Waals surface area contributed by atoms with Gasteiger partial charge in [-0.25, -0.2) is 4.39 Å². The van der Waals surface area contributed by atoms with Gasteiger partial charge in [-0.2, -0.15) is 0 Å². The number of benzene rings is 3. The largest absolute Gasteiger partial charge is 0.488 e. The first-order valence-electron chi connectivity index (χ1n) is 10.2. The Labute approximate surface area is 182 Å². The van der Waals surface area contributed by atoms with Crippen LogP contribution in [-0.4, -0.2) is 41.0 Å². The second kappa shape index (κ2) is 9.83. The van der Waals surface area contributed by atoms with E-state index >= 15 is 0 Å². The van der Waals surface area contributed by atoms with E-state index in [2.05, 4.69) is 40.1 Å². The van der Waals surface area contributed by atoms with Crippen molar-refractivity contribution in [3.63, 3.8) is 0 Å². The smallest absolute Gasteiger partial charge is 0.130 e. The Balaban J connectivity index is 1.36. The monoisotopic (exact) mass is 420 g/mol. The molecule has 3 nitrogen and oxygen atoms in total. The number of rotatable bonds is 6. The fourth-order valence-corrected chi connectivity index (χ4v) is 3.98. The highest BCUT2D eigenvalue weighted by Crippen LogP contribution is 2.23. The normalized spacial score (nSPS) is 14.5. The van der Waals surface area contributed by atoms with Crippen molar-refractivity contribution in [1.29, 1.82) is 0 Å². The maximum atomic E-state index is 13.1. The fraction of sp³-hybridized carbons (Fsp3) is 0.240. The highest BCUT2D eigenvalue weighted by molar-refractivity contribution is 7.80. The number of ether oxygens (including phenoxy) is 1. The van der Waals surface area contributed by atoms with Crippen molar-refractivity contribution in [1.82, 2.24) is 9.80 Å². The molecule has 0 aliphatic carbocycles. The van der Waals surface area contributed by atoms with Gasteiger partial charge in [0, 0.05) is 32.7 Å². The Morgan fingerprint density at radius 3 is 2.20 bits per heavy atom. The van der Waals surface area contributed by atoms with Gasteiger partial charge in [0.05, 0.1) is 5.56 Å². The summed E-state index contributed by atoms with van der Waals surface area (Å²) in [5.41, 5.74) is 3.20. The van der Waals surface area contributed by atoms with Gasteiger partial charge < -0.3 is 9.64 Å². The molecule has 0 N–H and O–H groups in total. The van der Waals surface area contributed by atoms with Crippen molar-refractivity contribution < 1.29 is 9.13 Å². The second-order valence-corrected chi connectivity index (χ2v) is 7.85. The van der Waals surface area contributed by atoms with E-state index in [-0.39, 0.29) is 5.82 Å². The molecule has 0 saturated carbocycles. The molecule has 30 heavy (non-hydrogen) atoms. The molecule has 1 fully saturated rings. The zero-order chi connectivity index (χ0) is 20.8. The lowest BCUT2D eigenvalue weighted by Crippen LogP contribution is -2.48. The van der Waals surface area contributed by atoms with Crippen LogP contribution in [0, 0.1) is 5.82 Å². The van der Waals surface area contributed by atoms with Crippen LogP contribution in [0.5, 0.6) is 5.75 Å². The predicted octanol–water partition coefficient (Wildman–Crippen LogP) is 4.90. The molecule has 1 aliphatic rings. The number of hydrogen-bond acceptors (Lipinski definition) is 3. The van der Waals surface area contributed by atoms with Crippen LogP contribution in [0.3, 0.4) is 0 Å². The number of para-hydroxylation sites is 1. The molecule has 0 unspecified atom stereocenters. The molecule has 0 atom stereocenters. The summed E-state index contributed by atoms with van der Waals surface area (Å²) in [7, 11) is 0. The van der Waals surface area contributed by atoms with Crippen LogP contribution < -0.4 is 4.74 Å². The van der Waals surface area contributed by atoms with Gasteiger partial charge in [-0.1, -0.05) is 66.8 Å². The molecular weight excluding hydrogens is 395 g/mol. The predicted molar refractivity (Wildman–Crippen MR) is 122 cm³/mol. The third-order valence-corrected chi connectivity index (χ3v) is 5.81. The maximum Gasteiger partial charge on any atom is 0.130 e. The molecule has 1 heterocycles. The van der Waals surface area contributed by atoms with Crippen LogP contribution in [0.1, 0.15) is 16.7 Å². The first-order valence-corrected chi connectivity index (χ1v) is 10.6. The minimum Gasteiger partial charge on any atom is -0.488 e. The van der Waals surface area contributed by atoms with Crippen LogP contribution in [-0.2, 0) is 13.2 Å². The van der Waals surface area contributed by atoms with E-state index in [1.807, 2.05) is 24.3 Å². The zero-order valence-electron chi connectivity index (χ0n) is 16.8. The standard InChI is InChI=1S/C25H25FN2OS/c26-22-12-10-21(11-13-22)19-29-24-9-5-4-8-23(24)25(30)28-16-14-27(15-17-28)18-20-6-2-1-3-7-20/h1-13H,14-19H2. The van der Waals surface area contributed by atoms with Gasteiger partial charge >= 0.3 is 0 Å². The van der Waals surface area contributed by atoms with E-state index in [9.17, 15) is 4.39 Å². The molecule has 0 radical (unpaired) electrons. The Kier molecular flexibility index (Phi) is 6.72. The lowest BCUT2D eigenvalue weighted by Gasteiger charge is -2.36. The van der Waals surface area contributed by atoms with Crippen LogP contribution in [0.2, 0.25) is 0 Å². The van der Waals surface area contributed by atoms with Gasteiger partial charge in [-0.3, -0.25) is 4.90 Å². The molecule has 5 heteroatoms. The lowest BCUT2D eigenvalue weighted by atomic mass is 10.1. The fourth-order valence-electron chi connectivity index (χ4n) is 3.63. The zero-order valence-corrected chi connectivity index (χ0v) is 17.7. The third kappa shape index (κ3) is 5.23. The molecule has 3 aromatic carbocycles. The molecule has 0 aromatic heterocycles. The lowest BCUT2D eigenvalue weighted by molar-refractivity contribution is 0.177. The minimum absolute atomic E-state index is 0.244. The average Bonchev–Trinajstić information content (AvgIpc) is 2.80. The van der Waals surface area contributed by atoms with Crippen molar-refractivity contribution >= 4 is 17.2 Å². The summed E-state index contributed by atoms with van der Waals surface area (Å²) in [6.07, 6.45) is 0. The highest BCUT2D eigenvalue weighted by atomic mass is 32.1. The average molecular weight is 421 g/mol. The first kappa shape index (κ1) is 20.5. The molecule has 3 aromatic rings. The Bertz CT molecular complexity index is 970. The van der Waals surface area contributed by atoms with Gasteiger partial charge in [0.2, 0.25) is 0 Å². The van der Waals surface area contributed by atoms with Crippen molar-refractivity contribution in [3.8, 4) is 5.75 Å². The van der Waals surface area contributed by atoms with Crippen LogP contribution >= 0.6 is 12.2 Å². The Hall–Kier alpha value is -2.76. The van der Waals surface area contributed by atoms with Crippen molar-refractivity contribution in [2.75, 3.05) is 26.2 Å². The van der Waals surface area contributed by atoms with Crippen LogP contribution in [0.25, 0.3) is 0 Å². The van der Waals surface area contributed by atoms with E-state index in [0.29, 0.717) is 6.61 Å². The van der Waals surface area contributed by atoms with Gasteiger partial charge in [0.15, 0.2) is 0 Å². The summed E-state index contributed by atoms with van der Waals surface area (Å²) in [4.78, 5) is 5.55. The van der Waals surface area contributed by atoms with E-state index < -0.39 is 0 Å². The van der Waals surface area contributed by atoms with Gasteiger partial charge in [0.1, 0.15) is 23.2 Å². The summed E-state index contributed by atoms with van der Waals surface area (Å²) in [6, 6.07) is 24.8. The maximum absolute atomic E-state index is 13.1. The summed E-state index contributed by atoms with van der Waals surface area (Å²) in [5.74, 6) is 0.519. The molecule has 1 aliphatic heterocycles. The summed E-state index contributed by atoms with van der Waals surface area (Å²) >= 11 is 5.82. The van der Waals surface area contributed by atoms with Gasteiger partial charge in [-0.05, 0) is 35.4 Å². The SMILES string of the molecule is Fc1ccc(COc2ccccc2C(=S)N2CCN(Cc3ccccc3)CC2)cc1. The van der Waals surface area contributed by atoms with Crippen LogP contribution in [0.4, 0.5) is 4.39 Å². The van der Waals surface area contributed by atoms with Crippen molar-refractivity contribution in [3.05, 3.63) is 101 Å². The summed E-state index contributed by atoms with van der Waals surface area (Å²) in [6.45, 7) is 5.11. The molecule has 0 amide bonds. The number of thiocarbonyl (C=S) groups is 1. The molecule has 154 valence electrons. The second-order valence-electron chi connectivity index (χ2n) is 7.47. The van der Waals surface area contributed by atoms with E-state index in [1.54, 1.807) is 12.1 Å². The number of hydrogen-bond donors (Lipinski definition) is 0. The van der Waals surface area contributed by atoms with Crippen molar-refractivity contribution in [2.45, 2.75) is 13.2 Å². The third-order valence-electron chi connectivity index (χ3n) is 5.33. The van der Waals surface area contributed by atoms with Gasteiger partial charge in [-0.15, -0.1) is 0 Å². The first-order chi connectivity index (χ1) is 14.7. The van der Waals surface area contributed by atoms with Crippen molar-refractivity contribution in [2.24, 2.45) is 0 Å². The molecular formula is C25H25FN2OS. The molecule has 4 rings (SSSR count). The van der Waals surface area contributed by atoms with E-state index in [4.69, 9.17) is 17.0 Å². The Morgan fingerprint density at radius 2 is 1.47 bits per heavy atom. The van der Waals surface area contributed by atoms with Gasteiger partial charge in [0.25, 0.3) is 0 Å². The highest BCUT2D eigenvalue weighted by Gasteiger charge is 2.21. The van der Waals surface area contributed by atoms with E-state index in [0.717, 1.165) is 54.6 Å². The quantitative estimate of drug-likeness (QED) is 0.527. The van der Waals surface area contributed by atoms with E-state index in [1.165, 1.54) is 17.7 Å². The Morgan fingerprint density at radius 1 is 0.800 bits per heavy atom. The molecule has 0 bridgehead atoms. The van der Waals surface area contributed by atoms with Crippen LogP contribution in [0.15, 0.2) is 78.9 Å².